The van der Waals surface area contributed by atoms with Crippen LogP contribution in [0.3, 0.4) is 0 Å². The molecule has 0 aliphatic heterocycles. The third-order valence-electron chi connectivity index (χ3n) is 3.43. The highest BCUT2D eigenvalue weighted by Gasteiger charge is 2.13. The molecular formula is C16H17N5O2. The second-order valence-electron chi connectivity index (χ2n) is 5.06. The molecule has 0 spiro atoms. The molecule has 0 saturated heterocycles. The molecule has 3 aromatic rings. The maximum absolute atomic E-state index is 11.8. The summed E-state index contributed by atoms with van der Waals surface area (Å²) in [7, 11) is 1.84. The zero-order valence-corrected chi connectivity index (χ0v) is 13.2. The highest BCUT2D eigenvalue weighted by atomic mass is 16.5. The number of aryl methyl sites for hydroxylation is 2. The largest absolute Gasteiger partial charge is 0.462 e. The molecule has 0 aliphatic rings. The number of hydrogen-bond acceptors (Lipinski definition) is 6. The minimum absolute atomic E-state index is 0.345. The first-order valence-electron chi connectivity index (χ1n) is 7.28. The molecule has 0 amide bonds. The van der Waals surface area contributed by atoms with Crippen LogP contribution < -0.4 is 5.32 Å². The quantitative estimate of drug-likeness (QED) is 0.746. The van der Waals surface area contributed by atoms with Gasteiger partial charge in [0.1, 0.15) is 12.1 Å². The number of nitrogens with one attached hydrogen (secondary N) is 1. The van der Waals surface area contributed by atoms with Crippen LogP contribution in [0.2, 0.25) is 0 Å². The van der Waals surface area contributed by atoms with E-state index in [0.29, 0.717) is 18.0 Å². The molecular weight excluding hydrogens is 294 g/mol. The van der Waals surface area contributed by atoms with Crippen LogP contribution in [-0.4, -0.2) is 32.3 Å². The highest BCUT2D eigenvalue weighted by Crippen LogP contribution is 2.25. The van der Waals surface area contributed by atoms with Crippen molar-refractivity contribution in [3.8, 4) is 0 Å². The molecule has 7 heteroatoms. The number of anilines is 2. The Morgan fingerprint density at radius 1 is 1.35 bits per heavy atom. The van der Waals surface area contributed by atoms with Crippen LogP contribution >= 0.6 is 0 Å². The van der Waals surface area contributed by atoms with E-state index >= 15 is 0 Å². The van der Waals surface area contributed by atoms with E-state index in [1.165, 1.54) is 6.33 Å². The van der Waals surface area contributed by atoms with Crippen molar-refractivity contribution < 1.29 is 9.53 Å². The first-order valence-corrected chi connectivity index (χ1v) is 7.28. The predicted molar refractivity (Wildman–Crippen MR) is 86.7 cm³/mol. The predicted octanol–water partition coefficient (Wildman–Crippen LogP) is 2.59. The number of carbonyl (C=O) groups is 1. The van der Waals surface area contributed by atoms with E-state index in [9.17, 15) is 4.79 Å². The maximum Gasteiger partial charge on any atom is 0.338 e. The fourth-order valence-corrected chi connectivity index (χ4v) is 2.45. The van der Waals surface area contributed by atoms with Gasteiger partial charge in [-0.05, 0) is 32.0 Å². The number of aromatic nitrogens is 4. The molecule has 3 rings (SSSR count). The smallest absolute Gasteiger partial charge is 0.338 e. The Labute approximate surface area is 133 Å². The molecule has 0 radical (unpaired) electrons. The number of benzene rings is 1. The summed E-state index contributed by atoms with van der Waals surface area (Å²) in [5, 5.41) is 8.45. The fourth-order valence-electron chi connectivity index (χ4n) is 2.45. The summed E-state index contributed by atoms with van der Waals surface area (Å²) in [4.78, 5) is 20.4. The molecule has 118 valence electrons. The van der Waals surface area contributed by atoms with E-state index in [1.54, 1.807) is 29.8 Å². The molecule has 0 aliphatic carbocycles. The number of carbonyl (C=O) groups excluding carboxylic acids is 1. The minimum atomic E-state index is -0.346. The zero-order valence-electron chi connectivity index (χ0n) is 13.2. The van der Waals surface area contributed by atoms with Crippen LogP contribution in [-0.2, 0) is 11.8 Å². The summed E-state index contributed by atoms with van der Waals surface area (Å²) < 4.78 is 6.73. The lowest BCUT2D eigenvalue weighted by atomic mass is 10.2. The van der Waals surface area contributed by atoms with Crippen molar-refractivity contribution in [3.63, 3.8) is 0 Å². The van der Waals surface area contributed by atoms with Gasteiger partial charge in [-0.3, -0.25) is 4.68 Å². The van der Waals surface area contributed by atoms with Crippen molar-refractivity contribution in [2.45, 2.75) is 13.8 Å². The summed E-state index contributed by atoms with van der Waals surface area (Å²) >= 11 is 0. The first kappa shape index (κ1) is 15.0. The molecule has 2 aromatic heterocycles. The summed E-state index contributed by atoms with van der Waals surface area (Å²) in [6.45, 7) is 4.03. The fraction of sp³-hybridized carbons (Fsp3) is 0.250. The molecule has 0 saturated carbocycles. The molecule has 0 fully saturated rings. The molecule has 2 heterocycles. The Hall–Kier alpha value is -2.96. The third kappa shape index (κ3) is 2.85. The van der Waals surface area contributed by atoms with E-state index in [2.05, 4.69) is 20.4 Å². The topological polar surface area (TPSA) is 81.9 Å². The molecule has 1 N–H and O–H groups in total. The number of esters is 1. The number of fused-ring (bicyclic) bond motifs is 1. The van der Waals surface area contributed by atoms with E-state index in [1.807, 2.05) is 20.0 Å². The van der Waals surface area contributed by atoms with E-state index < -0.39 is 0 Å². The van der Waals surface area contributed by atoms with Crippen molar-refractivity contribution in [1.29, 1.82) is 0 Å². The van der Waals surface area contributed by atoms with Gasteiger partial charge in [0.2, 0.25) is 0 Å². The second-order valence-corrected chi connectivity index (χ2v) is 5.06. The van der Waals surface area contributed by atoms with Gasteiger partial charge >= 0.3 is 5.97 Å². The van der Waals surface area contributed by atoms with Gasteiger partial charge in [0, 0.05) is 12.7 Å². The van der Waals surface area contributed by atoms with Crippen molar-refractivity contribution in [2.24, 2.45) is 7.05 Å². The lowest BCUT2D eigenvalue weighted by Gasteiger charge is -2.08. The Bertz CT molecular complexity index is 872. The highest BCUT2D eigenvalue weighted by molar-refractivity contribution is 5.93. The normalized spacial score (nSPS) is 10.7. The maximum atomic E-state index is 11.8. The van der Waals surface area contributed by atoms with Crippen LogP contribution in [0.4, 0.5) is 11.5 Å². The van der Waals surface area contributed by atoms with Crippen molar-refractivity contribution in [1.82, 2.24) is 19.7 Å². The third-order valence-corrected chi connectivity index (χ3v) is 3.43. The van der Waals surface area contributed by atoms with Crippen LogP contribution in [0.25, 0.3) is 11.0 Å². The van der Waals surface area contributed by atoms with Gasteiger partial charge in [-0.1, -0.05) is 6.07 Å². The van der Waals surface area contributed by atoms with Crippen molar-refractivity contribution in [2.75, 3.05) is 11.9 Å². The number of nitrogens with zero attached hydrogens (tertiary/aromatic N) is 4. The van der Waals surface area contributed by atoms with Crippen molar-refractivity contribution >= 4 is 28.5 Å². The standard InChI is InChI=1S/C16H17N5O2/c1-4-23-16(22)11-6-5-7-12(8-11)19-14-13-10(2)20-21(3)15(13)18-9-17-14/h5-9H,4H2,1-3H3,(H,17,18,19). The lowest BCUT2D eigenvalue weighted by molar-refractivity contribution is 0.0526. The number of rotatable bonds is 4. The monoisotopic (exact) mass is 311 g/mol. The summed E-state index contributed by atoms with van der Waals surface area (Å²) in [5.74, 6) is 0.308. The Morgan fingerprint density at radius 3 is 2.96 bits per heavy atom. The zero-order chi connectivity index (χ0) is 16.4. The molecule has 23 heavy (non-hydrogen) atoms. The van der Waals surface area contributed by atoms with Crippen LogP contribution in [0.1, 0.15) is 23.0 Å². The van der Waals surface area contributed by atoms with Gasteiger partial charge in [-0.2, -0.15) is 5.10 Å². The minimum Gasteiger partial charge on any atom is -0.462 e. The first-order chi connectivity index (χ1) is 11.1. The van der Waals surface area contributed by atoms with Gasteiger partial charge in [0.25, 0.3) is 0 Å². The summed E-state index contributed by atoms with van der Waals surface area (Å²) in [5.41, 5.74) is 2.83. The van der Waals surface area contributed by atoms with E-state index in [4.69, 9.17) is 4.74 Å². The molecule has 0 bridgehead atoms. The van der Waals surface area contributed by atoms with E-state index in [-0.39, 0.29) is 5.97 Å². The molecule has 7 nitrogen and oxygen atoms in total. The van der Waals surface area contributed by atoms with Gasteiger partial charge in [0.15, 0.2) is 5.65 Å². The lowest BCUT2D eigenvalue weighted by Crippen LogP contribution is -2.05. The van der Waals surface area contributed by atoms with Crippen LogP contribution in [0, 0.1) is 6.92 Å². The Kier molecular flexibility index (Phi) is 3.92. The Balaban J connectivity index is 1.97. The Morgan fingerprint density at radius 2 is 2.17 bits per heavy atom. The number of ether oxygens (including phenoxy) is 1. The average molecular weight is 311 g/mol. The average Bonchev–Trinajstić information content (AvgIpc) is 2.83. The molecule has 0 unspecified atom stereocenters. The SMILES string of the molecule is CCOC(=O)c1cccc(Nc2ncnc3c2c(C)nn3C)c1. The van der Waals surface area contributed by atoms with Gasteiger partial charge in [-0.15, -0.1) is 0 Å². The summed E-state index contributed by atoms with van der Waals surface area (Å²) in [6.07, 6.45) is 1.49. The number of hydrogen-bond donors (Lipinski definition) is 1. The summed E-state index contributed by atoms with van der Waals surface area (Å²) in [6, 6.07) is 7.11. The molecule has 1 aromatic carbocycles. The van der Waals surface area contributed by atoms with Gasteiger partial charge in [-0.25, -0.2) is 14.8 Å². The van der Waals surface area contributed by atoms with E-state index in [0.717, 1.165) is 22.4 Å². The molecule has 0 atom stereocenters. The van der Waals surface area contributed by atoms with Crippen LogP contribution in [0.5, 0.6) is 0 Å². The second kappa shape index (κ2) is 6.04. The van der Waals surface area contributed by atoms with Gasteiger partial charge in [0.05, 0.1) is 23.3 Å². The van der Waals surface area contributed by atoms with Crippen molar-refractivity contribution in [3.05, 3.63) is 41.9 Å². The van der Waals surface area contributed by atoms with Crippen LogP contribution in [0.15, 0.2) is 30.6 Å². The van der Waals surface area contributed by atoms with Gasteiger partial charge < -0.3 is 10.1 Å².